The van der Waals surface area contributed by atoms with Crippen LogP contribution in [0.2, 0.25) is 0 Å². The van der Waals surface area contributed by atoms with Crippen molar-refractivity contribution in [3.8, 4) is 0 Å². The van der Waals surface area contributed by atoms with Crippen molar-refractivity contribution in [1.29, 1.82) is 0 Å². The number of hydrogen-bond donors (Lipinski definition) is 3. The van der Waals surface area contributed by atoms with Gasteiger partial charge in [-0.15, -0.1) is 0 Å². The van der Waals surface area contributed by atoms with E-state index in [4.69, 9.17) is 0 Å². The van der Waals surface area contributed by atoms with Crippen LogP contribution >= 0.6 is 0 Å². The highest BCUT2D eigenvalue weighted by Gasteiger charge is 2.41. The second kappa shape index (κ2) is 8.77. The van der Waals surface area contributed by atoms with E-state index >= 15 is 0 Å². The van der Waals surface area contributed by atoms with E-state index in [1.165, 1.54) is 23.5 Å². The summed E-state index contributed by atoms with van der Waals surface area (Å²) >= 11 is 0. The Morgan fingerprint density at radius 2 is 2.00 bits per heavy atom. The molecular weight excluding hydrogens is 366 g/mol. The van der Waals surface area contributed by atoms with Crippen LogP contribution in [0.25, 0.3) is 0 Å². The highest BCUT2D eigenvalue weighted by Crippen LogP contribution is 2.25. The zero-order valence-electron chi connectivity index (χ0n) is 16.1. The maximum atomic E-state index is 12.9. The summed E-state index contributed by atoms with van der Waals surface area (Å²) in [7, 11) is 0. The van der Waals surface area contributed by atoms with Gasteiger partial charge in [-0.1, -0.05) is 20.8 Å². The molecule has 0 aromatic carbocycles. The fourth-order valence-electron chi connectivity index (χ4n) is 2.98. The van der Waals surface area contributed by atoms with E-state index in [1.807, 2.05) is 0 Å². The van der Waals surface area contributed by atoms with Crippen molar-refractivity contribution in [3.05, 3.63) is 24.3 Å². The number of carboxylic acid groups (broad SMARTS) is 1. The molecule has 2 heterocycles. The Morgan fingerprint density at radius 3 is 2.57 bits per heavy atom. The van der Waals surface area contributed by atoms with Gasteiger partial charge < -0.3 is 20.6 Å². The molecule has 10 nitrogen and oxygen atoms in total. The third-order valence-corrected chi connectivity index (χ3v) is 4.44. The van der Waals surface area contributed by atoms with Crippen molar-refractivity contribution in [2.45, 2.75) is 45.7 Å². The number of hydrogen-bond acceptors (Lipinski definition) is 6. The van der Waals surface area contributed by atoms with Crippen LogP contribution in [0.1, 0.15) is 44.1 Å². The van der Waals surface area contributed by atoms with Crippen molar-refractivity contribution < 1.29 is 24.3 Å². The van der Waals surface area contributed by atoms with Gasteiger partial charge in [0.2, 0.25) is 11.8 Å². The van der Waals surface area contributed by atoms with Gasteiger partial charge in [-0.05, 0) is 18.3 Å². The largest absolute Gasteiger partial charge is 0.480 e. The molecule has 0 radical (unpaired) electrons. The molecule has 1 saturated heterocycles. The molecule has 0 spiro atoms. The van der Waals surface area contributed by atoms with Crippen LogP contribution in [0.5, 0.6) is 0 Å². The Morgan fingerprint density at radius 1 is 1.29 bits per heavy atom. The minimum Gasteiger partial charge on any atom is -0.480 e. The van der Waals surface area contributed by atoms with Crippen molar-refractivity contribution in [1.82, 2.24) is 25.5 Å². The summed E-state index contributed by atoms with van der Waals surface area (Å²) in [6, 6.07) is -1.81. The van der Waals surface area contributed by atoms with Crippen LogP contribution in [0.4, 0.5) is 0 Å². The zero-order valence-corrected chi connectivity index (χ0v) is 16.1. The molecule has 10 heteroatoms. The van der Waals surface area contributed by atoms with E-state index in [9.17, 15) is 24.3 Å². The summed E-state index contributed by atoms with van der Waals surface area (Å²) < 4.78 is 0. The minimum atomic E-state index is -1.05. The summed E-state index contributed by atoms with van der Waals surface area (Å²) in [6.45, 7) is 5.32. The van der Waals surface area contributed by atoms with Crippen LogP contribution < -0.4 is 10.6 Å². The molecule has 1 aromatic rings. The molecule has 28 heavy (non-hydrogen) atoms. The number of amides is 3. The zero-order chi connectivity index (χ0) is 20.9. The molecule has 3 amide bonds. The van der Waals surface area contributed by atoms with Crippen LogP contribution in [-0.2, 0) is 14.4 Å². The standard InChI is InChI=1S/C18H25N5O5/c1-18(2,3)14(16(26)23-8-4-5-12(23)17(27)28)22-13(24)10-21-15(25)11-9-19-6-7-20-11/h6-7,9,12,14H,4-5,8,10H2,1-3H3,(H,21,25)(H,22,24)(H,27,28). The van der Waals surface area contributed by atoms with E-state index in [0.717, 1.165) is 0 Å². The normalized spacial score (nSPS) is 17.7. The van der Waals surface area contributed by atoms with Crippen molar-refractivity contribution in [2.75, 3.05) is 13.1 Å². The summed E-state index contributed by atoms with van der Waals surface area (Å²) in [5, 5.41) is 14.4. The van der Waals surface area contributed by atoms with Gasteiger partial charge in [0.25, 0.3) is 5.91 Å². The Balaban J connectivity index is 2.01. The highest BCUT2D eigenvalue weighted by atomic mass is 16.4. The van der Waals surface area contributed by atoms with E-state index in [-0.39, 0.29) is 12.2 Å². The third kappa shape index (κ3) is 5.24. The highest BCUT2D eigenvalue weighted by molar-refractivity contribution is 5.96. The van der Waals surface area contributed by atoms with Gasteiger partial charge in [-0.2, -0.15) is 0 Å². The summed E-state index contributed by atoms with van der Waals surface area (Å²) in [5.74, 6) is -2.61. The molecule has 2 unspecified atom stereocenters. The Kier molecular flexibility index (Phi) is 6.66. The molecule has 0 aliphatic carbocycles. The summed E-state index contributed by atoms with van der Waals surface area (Å²) in [5.41, 5.74) is -0.576. The summed E-state index contributed by atoms with van der Waals surface area (Å²) in [4.78, 5) is 57.5. The van der Waals surface area contributed by atoms with E-state index in [1.54, 1.807) is 20.8 Å². The number of nitrogens with zero attached hydrogens (tertiary/aromatic N) is 3. The average molecular weight is 391 g/mol. The summed E-state index contributed by atoms with van der Waals surface area (Å²) in [6.07, 6.45) is 5.04. The number of carbonyl (C=O) groups is 4. The van der Waals surface area contributed by atoms with Crippen molar-refractivity contribution >= 4 is 23.7 Å². The molecule has 152 valence electrons. The lowest BCUT2D eigenvalue weighted by Gasteiger charge is -2.34. The van der Waals surface area contributed by atoms with Gasteiger partial charge in [-0.25, -0.2) is 9.78 Å². The lowest BCUT2D eigenvalue weighted by molar-refractivity contribution is -0.150. The lowest BCUT2D eigenvalue weighted by atomic mass is 9.85. The fraction of sp³-hybridized carbons (Fsp3) is 0.556. The predicted octanol–water partition coefficient (Wildman–Crippen LogP) is -0.187. The van der Waals surface area contributed by atoms with E-state index < -0.39 is 41.2 Å². The monoisotopic (exact) mass is 391 g/mol. The number of aromatic nitrogens is 2. The maximum Gasteiger partial charge on any atom is 0.326 e. The molecular formula is C18H25N5O5. The second-order valence-electron chi connectivity index (χ2n) is 7.67. The van der Waals surface area contributed by atoms with Crippen molar-refractivity contribution in [3.63, 3.8) is 0 Å². The number of likely N-dealkylation sites (tertiary alicyclic amines) is 1. The first-order valence-electron chi connectivity index (χ1n) is 8.98. The fourth-order valence-corrected chi connectivity index (χ4v) is 2.98. The van der Waals surface area contributed by atoms with E-state index in [2.05, 4.69) is 20.6 Å². The molecule has 3 N–H and O–H groups in total. The van der Waals surface area contributed by atoms with Gasteiger partial charge in [0.1, 0.15) is 17.8 Å². The quantitative estimate of drug-likeness (QED) is 0.610. The molecule has 0 saturated carbocycles. The van der Waals surface area contributed by atoms with Crippen LogP contribution in [0, 0.1) is 5.41 Å². The molecule has 2 atom stereocenters. The lowest BCUT2D eigenvalue weighted by Crippen LogP contribution is -2.57. The molecule has 1 aliphatic heterocycles. The molecule has 0 bridgehead atoms. The SMILES string of the molecule is CC(C)(C)C(NC(=O)CNC(=O)c1cnccn1)C(=O)N1CCCC1C(=O)O. The Bertz CT molecular complexity index is 746. The first-order valence-corrected chi connectivity index (χ1v) is 8.98. The first kappa shape index (κ1) is 21.3. The van der Waals surface area contributed by atoms with Gasteiger partial charge in [0, 0.05) is 18.9 Å². The van der Waals surface area contributed by atoms with Gasteiger partial charge in [-0.3, -0.25) is 19.4 Å². The third-order valence-electron chi connectivity index (χ3n) is 4.44. The molecule has 1 aliphatic rings. The number of nitrogens with one attached hydrogen (secondary N) is 2. The van der Waals surface area contributed by atoms with Crippen molar-refractivity contribution in [2.24, 2.45) is 5.41 Å². The number of aliphatic carboxylic acids is 1. The average Bonchev–Trinajstić information content (AvgIpc) is 3.13. The minimum absolute atomic E-state index is 0.0696. The van der Waals surface area contributed by atoms with Gasteiger partial charge in [0.15, 0.2) is 0 Å². The van der Waals surface area contributed by atoms with Crippen LogP contribution in [0.3, 0.4) is 0 Å². The number of carboxylic acids is 1. The Labute approximate surface area is 162 Å². The van der Waals surface area contributed by atoms with E-state index in [0.29, 0.717) is 19.4 Å². The van der Waals surface area contributed by atoms with Gasteiger partial charge in [0.05, 0.1) is 12.7 Å². The molecule has 1 aromatic heterocycles. The van der Waals surface area contributed by atoms with Crippen LogP contribution in [0.15, 0.2) is 18.6 Å². The second-order valence-corrected chi connectivity index (χ2v) is 7.67. The first-order chi connectivity index (χ1) is 13.1. The maximum absolute atomic E-state index is 12.9. The topological polar surface area (TPSA) is 142 Å². The van der Waals surface area contributed by atoms with Crippen LogP contribution in [-0.4, -0.2) is 68.8 Å². The molecule has 1 fully saturated rings. The number of carbonyl (C=O) groups excluding carboxylic acids is 3. The number of rotatable bonds is 6. The predicted molar refractivity (Wildman–Crippen MR) is 98.1 cm³/mol. The molecule has 2 rings (SSSR count). The van der Waals surface area contributed by atoms with Gasteiger partial charge >= 0.3 is 5.97 Å². The smallest absolute Gasteiger partial charge is 0.326 e. The Hall–Kier alpha value is -3.04.